The summed E-state index contributed by atoms with van der Waals surface area (Å²) in [5.41, 5.74) is 0. The Bertz CT molecular complexity index is 222. The van der Waals surface area contributed by atoms with Gasteiger partial charge in [0.1, 0.15) is 0 Å². The highest BCUT2D eigenvalue weighted by atomic mass is 16.6. The molecule has 0 saturated heterocycles. The second kappa shape index (κ2) is 13.5. The average molecular weight is 303 g/mol. The molecule has 0 spiro atoms. The van der Waals surface area contributed by atoms with Crippen LogP contribution in [-0.4, -0.2) is 65.9 Å². The fraction of sp³-hybridized carbons (Fsp3) is 1.00. The van der Waals surface area contributed by atoms with Crippen LogP contribution in [0.3, 0.4) is 0 Å². The Balaban J connectivity index is 1.68. The van der Waals surface area contributed by atoms with Crippen LogP contribution >= 0.6 is 0 Å². The molecule has 1 saturated carbocycles. The molecule has 0 aromatic rings. The number of rotatable bonds is 15. The van der Waals surface area contributed by atoms with Crippen LogP contribution in [-0.2, 0) is 18.9 Å². The van der Waals surface area contributed by atoms with E-state index < -0.39 is 0 Å². The first-order valence-electron chi connectivity index (χ1n) is 8.36. The normalized spacial score (nSPS) is 21.4. The Morgan fingerprint density at radius 3 is 2.00 bits per heavy atom. The van der Waals surface area contributed by atoms with Crippen LogP contribution in [0.2, 0.25) is 0 Å². The predicted molar refractivity (Wildman–Crippen MR) is 83.8 cm³/mol. The van der Waals surface area contributed by atoms with Crippen molar-refractivity contribution in [3.63, 3.8) is 0 Å². The molecular formula is C16H33NO4. The quantitative estimate of drug-likeness (QED) is 0.468. The molecule has 5 nitrogen and oxygen atoms in total. The number of nitrogens with one attached hydrogen (secondary N) is 1. The van der Waals surface area contributed by atoms with Crippen molar-refractivity contribution in [1.82, 2.24) is 5.32 Å². The van der Waals surface area contributed by atoms with Gasteiger partial charge in [-0.25, -0.2) is 0 Å². The molecule has 0 unspecified atom stereocenters. The summed E-state index contributed by atoms with van der Waals surface area (Å²) in [7, 11) is 2.00. The van der Waals surface area contributed by atoms with E-state index in [4.69, 9.17) is 18.9 Å². The van der Waals surface area contributed by atoms with Gasteiger partial charge in [-0.15, -0.1) is 0 Å². The Hall–Kier alpha value is -0.200. The first-order valence-corrected chi connectivity index (χ1v) is 8.36. The molecule has 0 amide bonds. The minimum atomic E-state index is 0.448. The zero-order chi connectivity index (χ0) is 15.2. The Kier molecular flexibility index (Phi) is 12.1. The lowest BCUT2D eigenvalue weighted by Crippen LogP contribution is -2.37. The summed E-state index contributed by atoms with van der Waals surface area (Å²) in [6.07, 6.45) is 5.11. The molecule has 1 aliphatic carbocycles. The van der Waals surface area contributed by atoms with E-state index in [9.17, 15) is 0 Å². The molecule has 1 rings (SSSR count). The summed E-state index contributed by atoms with van der Waals surface area (Å²) in [5.74, 6) is 0.800. The zero-order valence-electron chi connectivity index (χ0n) is 13.8. The lowest BCUT2D eigenvalue weighted by Gasteiger charge is -2.34. The van der Waals surface area contributed by atoms with Gasteiger partial charge >= 0.3 is 0 Å². The van der Waals surface area contributed by atoms with Gasteiger partial charge in [0.05, 0.1) is 45.7 Å². The second-order valence-corrected chi connectivity index (χ2v) is 5.58. The van der Waals surface area contributed by atoms with Crippen molar-refractivity contribution < 1.29 is 18.9 Å². The summed E-state index contributed by atoms with van der Waals surface area (Å²) in [6, 6.07) is 0. The topological polar surface area (TPSA) is 49.0 Å². The summed E-state index contributed by atoms with van der Waals surface area (Å²) >= 11 is 0. The third-order valence-electron chi connectivity index (χ3n) is 3.65. The molecular weight excluding hydrogens is 270 g/mol. The smallest absolute Gasteiger partial charge is 0.0704 e. The lowest BCUT2D eigenvalue weighted by atomic mass is 9.82. The van der Waals surface area contributed by atoms with Crippen molar-refractivity contribution in [1.29, 1.82) is 0 Å². The maximum Gasteiger partial charge on any atom is 0.0704 e. The van der Waals surface area contributed by atoms with E-state index in [1.165, 1.54) is 19.3 Å². The maximum atomic E-state index is 5.72. The van der Waals surface area contributed by atoms with Gasteiger partial charge < -0.3 is 24.3 Å². The van der Waals surface area contributed by atoms with Gasteiger partial charge in [0, 0.05) is 6.61 Å². The second-order valence-electron chi connectivity index (χ2n) is 5.58. The highest BCUT2D eigenvalue weighted by Crippen LogP contribution is 2.29. The van der Waals surface area contributed by atoms with E-state index in [0.717, 1.165) is 25.5 Å². The van der Waals surface area contributed by atoms with Gasteiger partial charge in [-0.1, -0.05) is 13.3 Å². The monoisotopic (exact) mass is 303 g/mol. The van der Waals surface area contributed by atoms with Crippen LogP contribution in [0, 0.1) is 5.92 Å². The molecule has 1 fully saturated rings. The van der Waals surface area contributed by atoms with Gasteiger partial charge in [0.15, 0.2) is 0 Å². The minimum Gasteiger partial charge on any atom is -0.379 e. The van der Waals surface area contributed by atoms with Crippen LogP contribution in [0.15, 0.2) is 0 Å². The predicted octanol–water partition coefficient (Wildman–Crippen LogP) is 1.85. The Morgan fingerprint density at radius 2 is 1.43 bits per heavy atom. The first-order chi connectivity index (χ1) is 10.4. The zero-order valence-corrected chi connectivity index (χ0v) is 13.8. The molecule has 0 aromatic heterocycles. The molecule has 126 valence electrons. The number of ether oxygens (including phenoxy) is 4. The summed E-state index contributed by atoms with van der Waals surface area (Å²) in [5, 5.41) is 3.20. The molecule has 1 N–H and O–H groups in total. The van der Waals surface area contributed by atoms with E-state index in [-0.39, 0.29) is 0 Å². The summed E-state index contributed by atoms with van der Waals surface area (Å²) in [4.78, 5) is 0. The van der Waals surface area contributed by atoms with Gasteiger partial charge in [-0.3, -0.25) is 0 Å². The SMILES string of the molecule is CCCCOCCOCCOCCOC1CC(CNC)C1. The molecule has 21 heavy (non-hydrogen) atoms. The molecule has 0 heterocycles. The summed E-state index contributed by atoms with van der Waals surface area (Å²) < 4.78 is 22.0. The Morgan fingerprint density at radius 1 is 0.857 bits per heavy atom. The fourth-order valence-electron chi connectivity index (χ4n) is 2.33. The van der Waals surface area contributed by atoms with Crippen molar-refractivity contribution in [2.45, 2.75) is 38.7 Å². The fourth-order valence-corrected chi connectivity index (χ4v) is 2.33. The third-order valence-corrected chi connectivity index (χ3v) is 3.65. The number of hydrogen-bond acceptors (Lipinski definition) is 5. The van der Waals surface area contributed by atoms with Gasteiger partial charge in [-0.05, 0) is 38.8 Å². The Labute approximate surface area is 129 Å². The number of unbranched alkanes of at least 4 members (excludes halogenated alkanes) is 1. The highest BCUT2D eigenvalue weighted by molar-refractivity contribution is 4.81. The molecule has 0 atom stereocenters. The van der Waals surface area contributed by atoms with E-state index in [0.29, 0.717) is 45.7 Å². The van der Waals surface area contributed by atoms with Gasteiger partial charge in [0.25, 0.3) is 0 Å². The minimum absolute atomic E-state index is 0.448. The summed E-state index contributed by atoms with van der Waals surface area (Å²) in [6.45, 7) is 8.04. The first kappa shape index (κ1) is 18.8. The molecule has 0 bridgehead atoms. The van der Waals surface area contributed by atoms with Crippen molar-refractivity contribution in [3.05, 3.63) is 0 Å². The van der Waals surface area contributed by atoms with Crippen LogP contribution in [0.4, 0.5) is 0 Å². The number of hydrogen-bond donors (Lipinski definition) is 1. The molecule has 0 aromatic carbocycles. The van der Waals surface area contributed by atoms with Gasteiger partial charge in [0.2, 0.25) is 0 Å². The van der Waals surface area contributed by atoms with E-state index in [1.54, 1.807) is 0 Å². The van der Waals surface area contributed by atoms with Crippen molar-refractivity contribution in [2.24, 2.45) is 5.92 Å². The molecule has 5 heteroatoms. The van der Waals surface area contributed by atoms with Gasteiger partial charge in [-0.2, -0.15) is 0 Å². The third kappa shape index (κ3) is 10.2. The lowest BCUT2D eigenvalue weighted by molar-refractivity contribution is -0.0581. The van der Waals surface area contributed by atoms with Crippen molar-refractivity contribution in [3.8, 4) is 0 Å². The molecule has 0 aliphatic heterocycles. The average Bonchev–Trinajstić information content (AvgIpc) is 2.45. The van der Waals surface area contributed by atoms with Crippen LogP contribution in [0.25, 0.3) is 0 Å². The standard InChI is InChI=1S/C16H33NO4/c1-3-4-5-18-6-7-19-8-9-20-10-11-21-16-12-15(13-16)14-17-2/h15-17H,3-14H2,1-2H3. The van der Waals surface area contributed by atoms with E-state index in [2.05, 4.69) is 12.2 Å². The van der Waals surface area contributed by atoms with Crippen molar-refractivity contribution in [2.75, 3.05) is 59.8 Å². The van der Waals surface area contributed by atoms with Crippen LogP contribution in [0.1, 0.15) is 32.6 Å². The molecule has 0 radical (unpaired) electrons. The van der Waals surface area contributed by atoms with E-state index in [1.807, 2.05) is 7.05 Å². The highest BCUT2D eigenvalue weighted by Gasteiger charge is 2.28. The van der Waals surface area contributed by atoms with Crippen LogP contribution < -0.4 is 5.32 Å². The van der Waals surface area contributed by atoms with Crippen molar-refractivity contribution >= 4 is 0 Å². The van der Waals surface area contributed by atoms with Crippen LogP contribution in [0.5, 0.6) is 0 Å². The largest absolute Gasteiger partial charge is 0.379 e. The maximum absolute atomic E-state index is 5.72. The molecule has 1 aliphatic rings. The van der Waals surface area contributed by atoms with E-state index >= 15 is 0 Å².